The van der Waals surface area contributed by atoms with E-state index in [1.807, 2.05) is 18.2 Å². The number of hydrogen-bond acceptors (Lipinski definition) is 10. The van der Waals surface area contributed by atoms with Gasteiger partial charge >= 0.3 is 25.7 Å². The molecule has 0 fully saturated rings. The summed E-state index contributed by atoms with van der Waals surface area (Å²) in [5.41, 5.74) is 0. The summed E-state index contributed by atoms with van der Waals surface area (Å²) in [7, 11) is -4.78. The van der Waals surface area contributed by atoms with Crippen molar-refractivity contribution in [3.8, 4) is 0 Å². The third-order valence-corrected chi connectivity index (χ3v) is 13.5. The van der Waals surface area contributed by atoms with Crippen molar-refractivity contribution in [2.75, 3.05) is 26.4 Å². The van der Waals surface area contributed by atoms with Gasteiger partial charge in [0.1, 0.15) is 12.7 Å². The third kappa shape index (κ3) is 55.2. The van der Waals surface area contributed by atoms with Crippen LogP contribution in [0.4, 0.5) is 0 Å². The predicted molar refractivity (Wildman–Crippen MR) is 316 cm³/mol. The van der Waals surface area contributed by atoms with Gasteiger partial charge in [-0.1, -0.05) is 253 Å². The number of phosphoric ester groups is 1. The summed E-state index contributed by atoms with van der Waals surface area (Å²) in [6, 6.07) is 0. The third-order valence-electron chi connectivity index (χ3n) is 12.5. The predicted octanol–water partition coefficient (Wildman–Crippen LogP) is 18.0. The second kappa shape index (κ2) is 57.6. The van der Waals surface area contributed by atoms with Crippen molar-refractivity contribution >= 4 is 25.7 Å². The van der Waals surface area contributed by atoms with Crippen LogP contribution in [0.1, 0.15) is 252 Å². The number of aliphatic hydroxyl groups excluding tert-OH is 1. The number of phosphoric acid groups is 1. The average molecular weight is 1090 g/mol. The highest BCUT2D eigenvalue weighted by Gasteiger charge is 2.28. The molecule has 0 aromatic rings. The van der Waals surface area contributed by atoms with Gasteiger partial charge in [0.25, 0.3) is 0 Å². The van der Waals surface area contributed by atoms with Crippen molar-refractivity contribution in [2.45, 2.75) is 264 Å². The van der Waals surface area contributed by atoms with Crippen molar-refractivity contribution in [1.29, 1.82) is 0 Å². The summed E-state index contributed by atoms with van der Waals surface area (Å²) in [6.07, 6.45) is 68.2. The number of hydrogen-bond donors (Lipinski definition) is 2. The quantitative estimate of drug-likeness (QED) is 0.0197. The van der Waals surface area contributed by atoms with Gasteiger partial charge in [0, 0.05) is 12.8 Å². The lowest BCUT2D eigenvalue weighted by Gasteiger charge is -2.21. The summed E-state index contributed by atoms with van der Waals surface area (Å²) >= 11 is 0. The van der Waals surface area contributed by atoms with E-state index < -0.39 is 57.8 Å². The smallest absolute Gasteiger partial charge is 0.462 e. The number of carbonyl (C=O) groups excluding carboxylic acids is 3. The van der Waals surface area contributed by atoms with Gasteiger partial charge in [0.15, 0.2) is 6.10 Å². The Morgan fingerprint density at radius 3 is 1.16 bits per heavy atom. The number of carbonyl (C=O) groups is 3. The molecule has 76 heavy (non-hydrogen) atoms. The number of unbranched alkanes of at least 4 members (excludes halogenated alkanes) is 23. The molecule has 0 heterocycles. The van der Waals surface area contributed by atoms with E-state index in [1.54, 1.807) is 6.08 Å². The lowest BCUT2D eigenvalue weighted by atomic mass is 10.0. The molecule has 2 N–H and O–H groups in total. The van der Waals surface area contributed by atoms with Crippen LogP contribution >= 0.6 is 7.82 Å². The number of ether oxygens (including phenoxy) is 3. The van der Waals surface area contributed by atoms with Gasteiger partial charge in [0.05, 0.1) is 26.2 Å². The van der Waals surface area contributed by atoms with E-state index in [4.69, 9.17) is 23.3 Å². The molecule has 0 aromatic heterocycles. The Morgan fingerprint density at radius 1 is 0.395 bits per heavy atom. The second-order valence-electron chi connectivity index (χ2n) is 19.8. The van der Waals surface area contributed by atoms with Crippen LogP contribution < -0.4 is 0 Å². The maximum Gasteiger partial charge on any atom is 0.472 e. The summed E-state index contributed by atoms with van der Waals surface area (Å²) in [5, 5.41) is 9.80. The van der Waals surface area contributed by atoms with Crippen molar-refractivity contribution in [2.24, 2.45) is 0 Å². The number of aliphatic hydroxyl groups is 1. The van der Waals surface area contributed by atoms with Crippen molar-refractivity contribution < 1.29 is 52.2 Å². The van der Waals surface area contributed by atoms with Gasteiger partial charge in [-0.25, -0.2) is 4.57 Å². The lowest BCUT2D eigenvalue weighted by molar-refractivity contribution is -0.161. The molecule has 0 bridgehead atoms. The molecule has 436 valence electrons. The highest BCUT2D eigenvalue weighted by molar-refractivity contribution is 7.47. The molecule has 0 saturated heterocycles. The standard InChI is InChI=1S/C64H109O11P/c1-4-7-10-13-16-19-22-25-28-30-33-35-38-41-44-47-50-53-62(66)71-57-61(75-64(68)55-52-49-46-43-40-37-34-31-29-26-23-20-17-14-11-8-5-2)59-73-76(69,70)72-58-60(56-65)74-63(67)54-51-48-45-42-39-36-32-27-24-21-18-15-12-9-6-3/h7,9-10,12,16,18-19,21,25,27-28,32,39,42,48,51,60-61,65H,4-6,8,11,13-15,17,20,22-24,26,29-31,33-38,40-41,43-47,49-50,52-59H2,1-3H3,(H,69,70)/b10-7-,12-9-,19-16-,21-18-,28-25-,32-27-,42-39-,51-48-. The Morgan fingerprint density at radius 2 is 0.737 bits per heavy atom. The van der Waals surface area contributed by atoms with Gasteiger partial charge in [-0.05, 0) is 77.0 Å². The fraction of sp³-hybridized carbons (Fsp3) is 0.703. The molecule has 0 amide bonds. The molecular formula is C64H109O11P. The van der Waals surface area contributed by atoms with E-state index in [2.05, 4.69) is 93.7 Å². The molecular weight excluding hydrogens is 976 g/mol. The topological polar surface area (TPSA) is 155 Å². The zero-order chi connectivity index (χ0) is 55.5. The Labute approximate surface area is 463 Å². The molecule has 0 aliphatic rings. The highest BCUT2D eigenvalue weighted by Crippen LogP contribution is 2.43. The Kier molecular flexibility index (Phi) is 54.8. The van der Waals surface area contributed by atoms with Gasteiger partial charge in [0.2, 0.25) is 0 Å². The summed E-state index contributed by atoms with van der Waals surface area (Å²) < 4.78 is 39.5. The minimum Gasteiger partial charge on any atom is -0.462 e. The molecule has 3 atom stereocenters. The van der Waals surface area contributed by atoms with Crippen LogP contribution in [0.15, 0.2) is 97.2 Å². The SMILES string of the molecule is CC/C=C\C/C=C\C/C=C\C/C=C\C/C=C\CC(=O)OC(CO)COP(=O)(O)OCC(COC(=O)CCCCCCCCC/C=C\C/C=C\C/C=C\CC)OC(=O)CCCCCCCCCCCCCCCCCCC. The number of rotatable bonds is 55. The number of esters is 3. The van der Waals surface area contributed by atoms with E-state index >= 15 is 0 Å². The molecule has 0 aromatic carbocycles. The first-order chi connectivity index (χ1) is 37.2. The van der Waals surface area contributed by atoms with E-state index in [0.29, 0.717) is 19.3 Å². The molecule has 11 nitrogen and oxygen atoms in total. The first kappa shape index (κ1) is 72.4. The van der Waals surface area contributed by atoms with Crippen LogP contribution in [0, 0.1) is 0 Å². The largest absolute Gasteiger partial charge is 0.472 e. The van der Waals surface area contributed by atoms with E-state index in [0.717, 1.165) is 96.3 Å². The van der Waals surface area contributed by atoms with Crippen LogP contribution in [0.2, 0.25) is 0 Å². The van der Waals surface area contributed by atoms with Crippen molar-refractivity contribution in [3.63, 3.8) is 0 Å². The van der Waals surface area contributed by atoms with Crippen LogP contribution in [0.5, 0.6) is 0 Å². The molecule has 0 aliphatic heterocycles. The average Bonchev–Trinajstić information content (AvgIpc) is 3.41. The Bertz CT molecular complexity index is 1640. The fourth-order valence-electron chi connectivity index (χ4n) is 8.04. The monoisotopic (exact) mass is 1080 g/mol. The molecule has 0 spiro atoms. The minimum atomic E-state index is -4.78. The molecule has 0 aliphatic carbocycles. The maximum atomic E-state index is 12.9. The zero-order valence-corrected chi connectivity index (χ0v) is 49.1. The normalized spacial score (nSPS) is 14.0. The maximum absolute atomic E-state index is 12.9. The van der Waals surface area contributed by atoms with Crippen molar-refractivity contribution in [3.05, 3.63) is 97.2 Å². The Hall–Kier alpha value is -3.60. The van der Waals surface area contributed by atoms with Crippen LogP contribution in [-0.4, -0.2) is 66.5 Å². The van der Waals surface area contributed by atoms with E-state index in [1.165, 1.54) is 96.3 Å². The van der Waals surface area contributed by atoms with Gasteiger partial charge in [-0.2, -0.15) is 0 Å². The van der Waals surface area contributed by atoms with E-state index in [9.17, 15) is 28.9 Å². The van der Waals surface area contributed by atoms with Crippen LogP contribution in [0.3, 0.4) is 0 Å². The molecule has 3 unspecified atom stereocenters. The Balaban J connectivity index is 4.80. The second-order valence-corrected chi connectivity index (χ2v) is 21.2. The molecule has 0 radical (unpaired) electrons. The molecule has 0 saturated carbocycles. The van der Waals surface area contributed by atoms with Crippen LogP contribution in [-0.2, 0) is 42.2 Å². The van der Waals surface area contributed by atoms with Gasteiger partial charge in [-0.15, -0.1) is 0 Å². The first-order valence-electron chi connectivity index (χ1n) is 30.1. The summed E-state index contributed by atoms with van der Waals surface area (Å²) in [6.45, 7) is 4.32. The fourth-order valence-corrected chi connectivity index (χ4v) is 8.82. The van der Waals surface area contributed by atoms with Crippen molar-refractivity contribution in [1.82, 2.24) is 0 Å². The minimum absolute atomic E-state index is 0.0579. The molecule has 12 heteroatoms. The molecule has 0 rings (SSSR count). The van der Waals surface area contributed by atoms with Gasteiger partial charge < -0.3 is 24.2 Å². The zero-order valence-electron chi connectivity index (χ0n) is 48.2. The van der Waals surface area contributed by atoms with E-state index in [-0.39, 0.29) is 25.9 Å². The van der Waals surface area contributed by atoms with Gasteiger partial charge in [-0.3, -0.25) is 23.4 Å². The summed E-state index contributed by atoms with van der Waals surface area (Å²) in [4.78, 5) is 48.6. The highest BCUT2D eigenvalue weighted by atomic mass is 31.2. The lowest BCUT2D eigenvalue weighted by Crippen LogP contribution is -2.30. The van der Waals surface area contributed by atoms with Crippen LogP contribution in [0.25, 0.3) is 0 Å². The first-order valence-corrected chi connectivity index (χ1v) is 31.6. The number of allylic oxidation sites excluding steroid dienone is 15. The summed E-state index contributed by atoms with van der Waals surface area (Å²) in [5.74, 6) is -1.61.